The van der Waals surface area contributed by atoms with Crippen molar-refractivity contribution in [3.63, 3.8) is 0 Å². The van der Waals surface area contributed by atoms with Gasteiger partial charge in [0.2, 0.25) is 0 Å². The van der Waals surface area contributed by atoms with Gasteiger partial charge in [-0.1, -0.05) is 11.6 Å². The van der Waals surface area contributed by atoms with Crippen molar-refractivity contribution in [3.8, 4) is 11.5 Å². The quantitative estimate of drug-likeness (QED) is 0.866. The Morgan fingerprint density at radius 2 is 2.00 bits per heavy atom. The SMILES string of the molecule is COc1cc(C)c(OC)c(Cl)c1C(=O)O. The molecule has 1 aromatic carbocycles. The maximum absolute atomic E-state index is 11.0. The first-order valence-electron chi connectivity index (χ1n) is 4.17. The third kappa shape index (κ3) is 1.99. The molecule has 4 nitrogen and oxygen atoms in total. The van der Waals surface area contributed by atoms with E-state index in [0.29, 0.717) is 5.75 Å². The van der Waals surface area contributed by atoms with Gasteiger partial charge in [0.15, 0.2) is 0 Å². The van der Waals surface area contributed by atoms with Gasteiger partial charge in [-0.05, 0) is 18.6 Å². The van der Waals surface area contributed by atoms with Gasteiger partial charge < -0.3 is 14.6 Å². The lowest BCUT2D eigenvalue weighted by Gasteiger charge is -2.12. The van der Waals surface area contributed by atoms with Crippen LogP contribution in [-0.2, 0) is 0 Å². The average Bonchev–Trinajstić information content (AvgIpc) is 2.16. The standard InChI is InChI=1S/C10H11ClO4/c1-5-4-6(14-2)7(10(12)13)8(11)9(5)15-3/h4H,1-3H3,(H,12,13). The molecule has 0 spiro atoms. The van der Waals surface area contributed by atoms with E-state index in [-0.39, 0.29) is 16.3 Å². The summed E-state index contributed by atoms with van der Waals surface area (Å²) in [4.78, 5) is 11.0. The molecule has 1 N–H and O–H groups in total. The Labute approximate surface area is 92.4 Å². The van der Waals surface area contributed by atoms with Crippen LogP contribution < -0.4 is 9.47 Å². The highest BCUT2D eigenvalue weighted by atomic mass is 35.5. The summed E-state index contributed by atoms with van der Waals surface area (Å²) in [5.41, 5.74) is 0.644. The monoisotopic (exact) mass is 230 g/mol. The molecule has 0 bridgehead atoms. The smallest absolute Gasteiger partial charge is 0.341 e. The van der Waals surface area contributed by atoms with Crippen LogP contribution >= 0.6 is 11.6 Å². The Balaban J connectivity index is 3.53. The Hall–Kier alpha value is -1.42. The van der Waals surface area contributed by atoms with Gasteiger partial charge in [-0.2, -0.15) is 0 Å². The molecule has 0 unspecified atom stereocenters. The summed E-state index contributed by atoms with van der Waals surface area (Å²) >= 11 is 5.91. The molecule has 0 fully saturated rings. The number of methoxy groups -OCH3 is 2. The molecule has 0 saturated heterocycles. The molecule has 1 rings (SSSR count). The first-order valence-corrected chi connectivity index (χ1v) is 4.55. The van der Waals surface area contributed by atoms with Crippen LogP contribution in [0.1, 0.15) is 15.9 Å². The second-order valence-corrected chi connectivity index (χ2v) is 3.30. The highest BCUT2D eigenvalue weighted by Crippen LogP contribution is 2.37. The molecule has 0 radical (unpaired) electrons. The van der Waals surface area contributed by atoms with E-state index in [0.717, 1.165) is 5.56 Å². The molecule has 0 aliphatic heterocycles. The molecule has 0 saturated carbocycles. The van der Waals surface area contributed by atoms with Gasteiger partial charge in [0, 0.05) is 0 Å². The van der Waals surface area contributed by atoms with Crippen molar-refractivity contribution in [2.75, 3.05) is 14.2 Å². The Morgan fingerprint density at radius 3 is 2.40 bits per heavy atom. The number of carboxylic acid groups (broad SMARTS) is 1. The zero-order valence-electron chi connectivity index (χ0n) is 8.63. The number of aryl methyl sites for hydroxylation is 1. The third-order valence-corrected chi connectivity index (χ3v) is 2.37. The van der Waals surface area contributed by atoms with Crippen LogP contribution in [-0.4, -0.2) is 25.3 Å². The molecule has 0 aliphatic carbocycles. The van der Waals surface area contributed by atoms with E-state index >= 15 is 0 Å². The molecule has 5 heteroatoms. The zero-order valence-corrected chi connectivity index (χ0v) is 9.38. The first kappa shape index (κ1) is 11.7. The summed E-state index contributed by atoms with van der Waals surface area (Å²) < 4.78 is 9.96. The summed E-state index contributed by atoms with van der Waals surface area (Å²) in [7, 11) is 2.83. The van der Waals surface area contributed by atoms with Gasteiger partial charge in [0.05, 0.1) is 14.2 Å². The molecule has 0 atom stereocenters. The number of ether oxygens (including phenoxy) is 2. The Kier molecular flexibility index (Phi) is 3.42. The minimum atomic E-state index is -1.14. The zero-order chi connectivity index (χ0) is 11.6. The number of rotatable bonds is 3. The van der Waals surface area contributed by atoms with Crippen LogP contribution in [0.5, 0.6) is 11.5 Å². The summed E-state index contributed by atoms with van der Waals surface area (Å²) in [5.74, 6) is -0.559. The van der Waals surface area contributed by atoms with Gasteiger partial charge in [0.1, 0.15) is 22.1 Å². The van der Waals surface area contributed by atoms with Crippen molar-refractivity contribution in [1.82, 2.24) is 0 Å². The molecule has 82 valence electrons. The molecule has 15 heavy (non-hydrogen) atoms. The largest absolute Gasteiger partial charge is 0.496 e. The number of halogens is 1. The Morgan fingerprint density at radius 1 is 1.40 bits per heavy atom. The molecule has 0 amide bonds. The van der Waals surface area contributed by atoms with Crippen LogP contribution in [0.25, 0.3) is 0 Å². The van der Waals surface area contributed by atoms with E-state index in [1.54, 1.807) is 13.0 Å². The van der Waals surface area contributed by atoms with E-state index in [4.69, 9.17) is 26.2 Å². The summed E-state index contributed by atoms with van der Waals surface area (Å²) in [5, 5.41) is 9.03. The highest BCUT2D eigenvalue weighted by Gasteiger charge is 2.21. The van der Waals surface area contributed by atoms with E-state index in [1.807, 2.05) is 0 Å². The predicted octanol–water partition coefficient (Wildman–Crippen LogP) is 2.36. The Bertz CT molecular complexity index is 401. The van der Waals surface area contributed by atoms with Gasteiger partial charge in [0.25, 0.3) is 0 Å². The van der Waals surface area contributed by atoms with Crippen molar-refractivity contribution >= 4 is 17.6 Å². The summed E-state index contributed by atoms with van der Waals surface area (Å²) in [6.07, 6.45) is 0. The minimum Gasteiger partial charge on any atom is -0.496 e. The van der Waals surface area contributed by atoms with Crippen LogP contribution in [0.15, 0.2) is 6.07 Å². The van der Waals surface area contributed by atoms with Crippen LogP contribution in [0.2, 0.25) is 5.02 Å². The summed E-state index contributed by atoms with van der Waals surface area (Å²) in [6, 6.07) is 1.58. The molecular weight excluding hydrogens is 220 g/mol. The molecule has 0 heterocycles. The topological polar surface area (TPSA) is 55.8 Å². The normalized spacial score (nSPS) is 9.87. The number of aromatic carboxylic acids is 1. The second kappa shape index (κ2) is 4.40. The lowest BCUT2D eigenvalue weighted by atomic mass is 10.1. The molecule has 0 aromatic heterocycles. The van der Waals surface area contributed by atoms with Gasteiger partial charge in [-0.3, -0.25) is 0 Å². The molecular formula is C10H11ClO4. The number of carbonyl (C=O) groups is 1. The first-order chi connectivity index (χ1) is 7.02. The minimum absolute atomic E-state index is 0.0573. The number of benzene rings is 1. The summed E-state index contributed by atoms with van der Waals surface area (Å²) in [6.45, 7) is 1.76. The lowest BCUT2D eigenvalue weighted by Crippen LogP contribution is -2.04. The molecule has 0 aliphatic rings. The van der Waals surface area contributed by atoms with Crippen LogP contribution in [0.3, 0.4) is 0 Å². The van der Waals surface area contributed by atoms with Crippen molar-refractivity contribution in [2.24, 2.45) is 0 Å². The van der Waals surface area contributed by atoms with E-state index < -0.39 is 5.97 Å². The average molecular weight is 231 g/mol. The van der Waals surface area contributed by atoms with Gasteiger partial charge in [-0.25, -0.2) is 4.79 Å². The van der Waals surface area contributed by atoms with Crippen molar-refractivity contribution in [1.29, 1.82) is 0 Å². The van der Waals surface area contributed by atoms with Gasteiger partial charge >= 0.3 is 5.97 Å². The number of carboxylic acids is 1. The van der Waals surface area contributed by atoms with Crippen molar-refractivity contribution in [3.05, 3.63) is 22.2 Å². The fraction of sp³-hybridized carbons (Fsp3) is 0.300. The number of hydrogen-bond donors (Lipinski definition) is 1. The maximum Gasteiger partial charge on any atom is 0.341 e. The predicted molar refractivity (Wildman–Crippen MR) is 56.3 cm³/mol. The third-order valence-electron chi connectivity index (χ3n) is 2.01. The second-order valence-electron chi connectivity index (χ2n) is 2.92. The van der Waals surface area contributed by atoms with E-state index in [2.05, 4.69) is 0 Å². The van der Waals surface area contributed by atoms with Crippen molar-refractivity contribution in [2.45, 2.75) is 6.92 Å². The van der Waals surface area contributed by atoms with Crippen molar-refractivity contribution < 1.29 is 19.4 Å². The fourth-order valence-corrected chi connectivity index (χ4v) is 1.74. The maximum atomic E-state index is 11.0. The highest BCUT2D eigenvalue weighted by molar-refractivity contribution is 6.35. The molecule has 1 aromatic rings. The fourth-order valence-electron chi connectivity index (χ4n) is 1.34. The van der Waals surface area contributed by atoms with Crippen LogP contribution in [0, 0.1) is 6.92 Å². The van der Waals surface area contributed by atoms with E-state index in [1.165, 1.54) is 14.2 Å². The van der Waals surface area contributed by atoms with Gasteiger partial charge in [-0.15, -0.1) is 0 Å². The van der Waals surface area contributed by atoms with Crippen LogP contribution in [0.4, 0.5) is 0 Å². The number of hydrogen-bond acceptors (Lipinski definition) is 3. The van der Waals surface area contributed by atoms with E-state index in [9.17, 15) is 4.79 Å². The lowest BCUT2D eigenvalue weighted by molar-refractivity contribution is 0.0693.